The first kappa shape index (κ1) is 11.8. The van der Waals surface area contributed by atoms with Gasteiger partial charge in [-0.05, 0) is 25.5 Å². The van der Waals surface area contributed by atoms with Crippen LogP contribution >= 0.6 is 0 Å². The van der Waals surface area contributed by atoms with Crippen LogP contribution in [0.5, 0.6) is 5.75 Å². The number of urea groups is 1. The molecule has 1 heterocycles. The minimum atomic E-state index is -0.334. The van der Waals surface area contributed by atoms with Gasteiger partial charge in [-0.1, -0.05) is 18.2 Å². The fourth-order valence-electron chi connectivity index (χ4n) is 2.18. The highest BCUT2D eigenvalue weighted by Gasteiger charge is 2.29. The van der Waals surface area contributed by atoms with E-state index in [9.17, 15) is 4.79 Å². The predicted molar refractivity (Wildman–Crippen MR) is 65.8 cm³/mol. The summed E-state index contributed by atoms with van der Waals surface area (Å²) in [6, 6.07) is 9.41. The lowest BCUT2D eigenvalue weighted by molar-refractivity contribution is 0.153. The van der Waals surface area contributed by atoms with Gasteiger partial charge in [0.25, 0.3) is 0 Å². The van der Waals surface area contributed by atoms with Crippen molar-refractivity contribution in [3.8, 4) is 5.75 Å². The first-order valence-corrected chi connectivity index (χ1v) is 5.93. The van der Waals surface area contributed by atoms with Crippen molar-refractivity contribution in [1.82, 2.24) is 4.90 Å². The highest BCUT2D eigenvalue weighted by Crippen LogP contribution is 2.23. The molecule has 2 N–H and O–H groups in total. The summed E-state index contributed by atoms with van der Waals surface area (Å²) in [5.74, 6) is 1.24. The minimum absolute atomic E-state index is 0.0988. The average Bonchev–Trinajstić information content (AvgIpc) is 2.79. The summed E-state index contributed by atoms with van der Waals surface area (Å²) in [7, 11) is 0. The molecule has 1 aliphatic rings. The van der Waals surface area contributed by atoms with Crippen molar-refractivity contribution in [2.45, 2.75) is 19.4 Å². The number of hydrogen-bond acceptors (Lipinski definition) is 2. The van der Waals surface area contributed by atoms with Crippen molar-refractivity contribution in [3.63, 3.8) is 0 Å². The van der Waals surface area contributed by atoms with Crippen molar-refractivity contribution < 1.29 is 9.53 Å². The molecule has 0 bridgehead atoms. The largest absolute Gasteiger partial charge is 0.490 e. The zero-order chi connectivity index (χ0) is 12.3. The van der Waals surface area contributed by atoms with Crippen LogP contribution in [0.15, 0.2) is 30.3 Å². The fourth-order valence-corrected chi connectivity index (χ4v) is 2.18. The molecule has 0 spiro atoms. The van der Waals surface area contributed by atoms with E-state index in [1.165, 1.54) is 0 Å². The maximum atomic E-state index is 11.0. The second-order valence-electron chi connectivity index (χ2n) is 4.47. The molecule has 2 atom stereocenters. The molecule has 1 aromatic rings. The molecule has 2 unspecified atom stereocenters. The molecule has 0 aromatic heterocycles. The van der Waals surface area contributed by atoms with Gasteiger partial charge in [-0.2, -0.15) is 0 Å². The van der Waals surface area contributed by atoms with Crippen molar-refractivity contribution in [3.05, 3.63) is 30.3 Å². The summed E-state index contributed by atoms with van der Waals surface area (Å²) < 4.78 is 5.85. The van der Waals surface area contributed by atoms with Crippen LogP contribution in [0.1, 0.15) is 13.3 Å². The van der Waals surface area contributed by atoms with Gasteiger partial charge < -0.3 is 15.4 Å². The molecule has 92 valence electrons. The van der Waals surface area contributed by atoms with E-state index in [4.69, 9.17) is 10.5 Å². The second-order valence-corrected chi connectivity index (χ2v) is 4.47. The Morgan fingerprint density at radius 3 is 2.76 bits per heavy atom. The van der Waals surface area contributed by atoms with E-state index < -0.39 is 0 Å². The Morgan fingerprint density at radius 2 is 2.18 bits per heavy atom. The monoisotopic (exact) mass is 234 g/mol. The summed E-state index contributed by atoms with van der Waals surface area (Å²) in [6.07, 6.45) is 1.05. The van der Waals surface area contributed by atoms with Crippen molar-refractivity contribution in [2.75, 3.05) is 13.1 Å². The average molecular weight is 234 g/mol. The maximum Gasteiger partial charge on any atom is 0.314 e. The van der Waals surface area contributed by atoms with Crippen LogP contribution in [0.3, 0.4) is 0 Å². The number of amides is 2. The maximum absolute atomic E-state index is 11.0. The zero-order valence-corrected chi connectivity index (χ0v) is 10.0. The highest BCUT2D eigenvalue weighted by atomic mass is 16.5. The molecular formula is C13H18N2O2. The van der Waals surface area contributed by atoms with E-state index in [2.05, 4.69) is 0 Å². The Balaban J connectivity index is 1.89. The summed E-state index contributed by atoms with van der Waals surface area (Å²) in [5.41, 5.74) is 5.26. The van der Waals surface area contributed by atoms with Gasteiger partial charge in [-0.3, -0.25) is 0 Å². The van der Waals surface area contributed by atoms with Crippen molar-refractivity contribution >= 4 is 6.03 Å². The van der Waals surface area contributed by atoms with Gasteiger partial charge in [-0.25, -0.2) is 4.79 Å². The van der Waals surface area contributed by atoms with Gasteiger partial charge >= 0.3 is 6.03 Å². The standard InChI is InChI=1S/C13H18N2O2/c1-10(17-12-5-3-2-4-6-12)11-7-8-15(9-11)13(14)16/h2-6,10-11H,7-9H2,1H3,(H2,14,16). The Bertz CT molecular complexity index is 380. The Hall–Kier alpha value is -1.71. The molecule has 1 aliphatic heterocycles. The van der Waals surface area contributed by atoms with Gasteiger partial charge in [-0.15, -0.1) is 0 Å². The molecule has 0 radical (unpaired) electrons. The lowest BCUT2D eigenvalue weighted by Crippen LogP contribution is -2.35. The van der Waals surface area contributed by atoms with Crippen LogP contribution in [0.4, 0.5) is 4.79 Å². The van der Waals surface area contributed by atoms with Crippen LogP contribution in [0.2, 0.25) is 0 Å². The molecule has 17 heavy (non-hydrogen) atoms. The second kappa shape index (κ2) is 5.08. The number of nitrogens with two attached hydrogens (primary N) is 1. The Morgan fingerprint density at radius 1 is 1.47 bits per heavy atom. The van der Waals surface area contributed by atoms with E-state index in [0.717, 1.165) is 18.7 Å². The summed E-state index contributed by atoms with van der Waals surface area (Å²) in [6.45, 7) is 3.48. The minimum Gasteiger partial charge on any atom is -0.490 e. The normalized spacial score (nSPS) is 21.2. The quantitative estimate of drug-likeness (QED) is 0.867. The van der Waals surface area contributed by atoms with Crippen LogP contribution in [-0.4, -0.2) is 30.1 Å². The third-order valence-electron chi connectivity index (χ3n) is 3.27. The number of primary amides is 1. The lowest BCUT2D eigenvalue weighted by Gasteiger charge is -2.21. The van der Waals surface area contributed by atoms with Gasteiger partial charge in [0.1, 0.15) is 11.9 Å². The van der Waals surface area contributed by atoms with Crippen LogP contribution < -0.4 is 10.5 Å². The smallest absolute Gasteiger partial charge is 0.314 e. The van der Waals surface area contributed by atoms with E-state index in [1.54, 1.807) is 4.90 Å². The fraction of sp³-hybridized carbons (Fsp3) is 0.462. The van der Waals surface area contributed by atoms with Crippen molar-refractivity contribution in [1.29, 1.82) is 0 Å². The Kier molecular flexibility index (Phi) is 3.52. The van der Waals surface area contributed by atoms with E-state index >= 15 is 0 Å². The number of para-hydroxylation sites is 1. The number of nitrogens with zero attached hydrogens (tertiary/aromatic N) is 1. The van der Waals surface area contributed by atoms with Gasteiger partial charge in [0.05, 0.1) is 0 Å². The van der Waals surface area contributed by atoms with E-state index in [0.29, 0.717) is 12.5 Å². The number of carbonyl (C=O) groups is 1. The SMILES string of the molecule is CC(Oc1ccccc1)C1CCN(C(N)=O)C1. The molecule has 1 fully saturated rings. The number of benzene rings is 1. The topological polar surface area (TPSA) is 55.6 Å². The van der Waals surface area contributed by atoms with E-state index in [-0.39, 0.29) is 12.1 Å². The van der Waals surface area contributed by atoms with Crippen LogP contribution in [-0.2, 0) is 0 Å². The molecular weight excluding hydrogens is 216 g/mol. The molecule has 2 rings (SSSR count). The molecule has 4 heteroatoms. The number of rotatable bonds is 3. The Labute approximate surface area is 101 Å². The molecule has 0 aliphatic carbocycles. The third kappa shape index (κ3) is 2.90. The number of hydrogen-bond donors (Lipinski definition) is 1. The number of likely N-dealkylation sites (tertiary alicyclic amines) is 1. The molecule has 0 saturated carbocycles. The zero-order valence-electron chi connectivity index (χ0n) is 10.0. The first-order chi connectivity index (χ1) is 8.16. The third-order valence-corrected chi connectivity index (χ3v) is 3.27. The molecule has 1 saturated heterocycles. The van der Waals surface area contributed by atoms with Crippen LogP contribution in [0.25, 0.3) is 0 Å². The van der Waals surface area contributed by atoms with Crippen LogP contribution in [0, 0.1) is 5.92 Å². The number of ether oxygens (including phenoxy) is 1. The summed E-state index contributed by atoms with van der Waals surface area (Å²) in [4.78, 5) is 12.7. The van der Waals surface area contributed by atoms with Crippen molar-refractivity contribution in [2.24, 2.45) is 11.7 Å². The first-order valence-electron chi connectivity index (χ1n) is 5.93. The predicted octanol–water partition coefficient (Wildman–Crippen LogP) is 1.85. The molecule has 4 nitrogen and oxygen atoms in total. The van der Waals surface area contributed by atoms with E-state index in [1.807, 2.05) is 37.3 Å². The van der Waals surface area contributed by atoms with Gasteiger partial charge in [0, 0.05) is 19.0 Å². The highest BCUT2D eigenvalue weighted by molar-refractivity contribution is 5.72. The molecule has 2 amide bonds. The van der Waals surface area contributed by atoms with Gasteiger partial charge in [0.2, 0.25) is 0 Å². The summed E-state index contributed by atoms with van der Waals surface area (Å²) in [5, 5.41) is 0. The molecule has 1 aromatic carbocycles. The number of carbonyl (C=O) groups excluding carboxylic acids is 1. The summed E-state index contributed by atoms with van der Waals surface area (Å²) >= 11 is 0. The van der Waals surface area contributed by atoms with Gasteiger partial charge in [0.15, 0.2) is 0 Å². The lowest BCUT2D eigenvalue weighted by atomic mass is 10.0.